The van der Waals surface area contributed by atoms with Crippen LogP contribution in [0.15, 0.2) is 25.3 Å². The van der Waals surface area contributed by atoms with Crippen LogP contribution >= 0.6 is 0 Å². The summed E-state index contributed by atoms with van der Waals surface area (Å²) in [6, 6.07) is 0. The van der Waals surface area contributed by atoms with Crippen molar-refractivity contribution in [3.05, 3.63) is 25.3 Å². The molecule has 2 atom stereocenters. The van der Waals surface area contributed by atoms with Crippen LogP contribution in [-0.4, -0.2) is 24.1 Å². The molecule has 20 heavy (non-hydrogen) atoms. The standard InChI is InChI=1S/C16H26O4/c1-5-9-11-13(19-15(17)7-3)14(12-10-6-2)20-16(18)8-4/h7-8,13-14H,3-6,9-12H2,1-2H3. The highest BCUT2D eigenvalue weighted by Gasteiger charge is 2.26. The molecule has 0 spiro atoms. The minimum absolute atomic E-state index is 0.420. The van der Waals surface area contributed by atoms with E-state index in [2.05, 4.69) is 27.0 Å². The third-order valence-electron chi connectivity index (χ3n) is 2.97. The van der Waals surface area contributed by atoms with Gasteiger partial charge in [-0.3, -0.25) is 0 Å². The highest BCUT2D eigenvalue weighted by Crippen LogP contribution is 2.18. The predicted octanol–water partition coefficient (Wildman–Crippen LogP) is 3.56. The van der Waals surface area contributed by atoms with Crippen LogP contribution in [0.5, 0.6) is 0 Å². The first kappa shape index (κ1) is 18.4. The van der Waals surface area contributed by atoms with Gasteiger partial charge in [0.2, 0.25) is 0 Å². The summed E-state index contributed by atoms with van der Waals surface area (Å²) in [6.45, 7) is 10.9. The van der Waals surface area contributed by atoms with Crippen molar-refractivity contribution < 1.29 is 19.1 Å². The minimum atomic E-state index is -0.484. The van der Waals surface area contributed by atoms with Gasteiger partial charge in [0.25, 0.3) is 0 Å². The first-order valence-electron chi connectivity index (χ1n) is 7.25. The van der Waals surface area contributed by atoms with Gasteiger partial charge >= 0.3 is 11.9 Å². The molecule has 4 heteroatoms. The van der Waals surface area contributed by atoms with Gasteiger partial charge in [0.15, 0.2) is 0 Å². The lowest BCUT2D eigenvalue weighted by Gasteiger charge is -2.26. The average Bonchev–Trinajstić information content (AvgIpc) is 2.47. The van der Waals surface area contributed by atoms with E-state index in [1.54, 1.807) is 0 Å². The minimum Gasteiger partial charge on any atom is -0.455 e. The van der Waals surface area contributed by atoms with Crippen LogP contribution in [0.4, 0.5) is 0 Å². The van der Waals surface area contributed by atoms with Gasteiger partial charge in [-0.1, -0.05) is 39.8 Å². The molecule has 4 nitrogen and oxygen atoms in total. The molecule has 0 aromatic rings. The zero-order chi connectivity index (χ0) is 15.4. The fourth-order valence-electron chi connectivity index (χ4n) is 1.85. The summed E-state index contributed by atoms with van der Waals surface area (Å²) in [7, 11) is 0. The van der Waals surface area contributed by atoms with Crippen LogP contribution in [-0.2, 0) is 19.1 Å². The normalized spacial score (nSPS) is 13.1. The Balaban J connectivity index is 4.82. The van der Waals surface area contributed by atoms with Crippen molar-refractivity contribution in [2.45, 2.75) is 64.6 Å². The number of hydrogen-bond donors (Lipinski definition) is 0. The van der Waals surface area contributed by atoms with Crippen molar-refractivity contribution >= 4 is 11.9 Å². The monoisotopic (exact) mass is 282 g/mol. The van der Waals surface area contributed by atoms with Gasteiger partial charge < -0.3 is 9.47 Å². The van der Waals surface area contributed by atoms with E-state index in [0.29, 0.717) is 12.8 Å². The molecule has 114 valence electrons. The number of unbranched alkanes of at least 4 members (excludes halogenated alkanes) is 2. The van der Waals surface area contributed by atoms with Gasteiger partial charge in [-0.25, -0.2) is 9.59 Å². The van der Waals surface area contributed by atoms with Crippen molar-refractivity contribution in [2.75, 3.05) is 0 Å². The van der Waals surface area contributed by atoms with E-state index < -0.39 is 24.1 Å². The smallest absolute Gasteiger partial charge is 0.330 e. The quantitative estimate of drug-likeness (QED) is 0.429. The Morgan fingerprint density at radius 1 is 0.900 bits per heavy atom. The fraction of sp³-hybridized carbons (Fsp3) is 0.625. The average molecular weight is 282 g/mol. The van der Waals surface area contributed by atoms with Crippen molar-refractivity contribution in [1.82, 2.24) is 0 Å². The van der Waals surface area contributed by atoms with E-state index in [1.807, 2.05) is 0 Å². The van der Waals surface area contributed by atoms with Crippen LogP contribution in [0.3, 0.4) is 0 Å². The Morgan fingerprint density at radius 3 is 1.50 bits per heavy atom. The SMILES string of the molecule is C=CC(=O)OC(CCCC)C(CCCC)OC(=O)C=C. The molecule has 0 bridgehead atoms. The number of carbonyl (C=O) groups excluding carboxylic acids is 2. The molecule has 0 saturated heterocycles. The molecule has 0 aliphatic heterocycles. The van der Waals surface area contributed by atoms with Gasteiger partial charge in [0.05, 0.1) is 0 Å². The number of esters is 2. The highest BCUT2D eigenvalue weighted by molar-refractivity contribution is 5.82. The predicted molar refractivity (Wildman–Crippen MR) is 79.2 cm³/mol. The van der Waals surface area contributed by atoms with Crippen molar-refractivity contribution in [1.29, 1.82) is 0 Å². The molecule has 2 unspecified atom stereocenters. The molecule has 0 heterocycles. The number of ether oxygens (including phenoxy) is 2. The van der Waals surface area contributed by atoms with Gasteiger partial charge in [-0.15, -0.1) is 0 Å². The molecule has 0 N–H and O–H groups in total. The van der Waals surface area contributed by atoms with Gasteiger partial charge in [-0.2, -0.15) is 0 Å². The maximum absolute atomic E-state index is 11.4. The van der Waals surface area contributed by atoms with E-state index in [0.717, 1.165) is 37.8 Å². The van der Waals surface area contributed by atoms with Crippen molar-refractivity contribution in [3.8, 4) is 0 Å². The summed E-state index contributed by atoms with van der Waals surface area (Å²) >= 11 is 0. The number of rotatable bonds is 11. The van der Waals surface area contributed by atoms with E-state index in [4.69, 9.17) is 9.47 Å². The lowest BCUT2D eigenvalue weighted by atomic mass is 10.0. The molecule has 0 aromatic heterocycles. The van der Waals surface area contributed by atoms with Crippen LogP contribution < -0.4 is 0 Å². The Morgan fingerprint density at radius 2 is 1.25 bits per heavy atom. The molecule has 0 radical (unpaired) electrons. The van der Waals surface area contributed by atoms with E-state index >= 15 is 0 Å². The highest BCUT2D eigenvalue weighted by atomic mass is 16.6. The van der Waals surface area contributed by atoms with Gasteiger partial charge in [-0.05, 0) is 25.7 Å². The lowest BCUT2D eigenvalue weighted by molar-refractivity contribution is -0.162. The molecular formula is C16H26O4. The first-order valence-corrected chi connectivity index (χ1v) is 7.25. The molecular weight excluding hydrogens is 256 g/mol. The fourth-order valence-corrected chi connectivity index (χ4v) is 1.85. The Bertz CT molecular complexity index is 290. The zero-order valence-electron chi connectivity index (χ0n) is 12.6. The second kappa shape index (κ2) is 11.3. The molecule has 0 aliphatic carbocycles. The largest absolute Gasteiger partial charge is 0.455 e. The summed E-state index contributed by atoms with van der Waals surface area (Å²) in [5, 5.41) is 0. The maximum Gasteiger partial charge on any atom is 0.330 e. The van der Waals surface area contributed by atoms with Crippen LogP contribution in [0, 0.1) is 0 Å². The number of carbonyl (C=O) groups is 2. The molecule has 0 amide bonds. The third kappa shape index (κ3) is 7.77. The topological polar surface area (TPSA) is 52.6 Å². The molecule has 0 aromatic carbocycles. The first-order chi connectivity index (χ1) is 9.58. The van der Waals surface area contributed by atoms with E-state index in [9.17, 15) is 9.59 Å². The summed E-state index contributed by atoms with van der Waals surface area (Å²) < 4.78 is 10.7. The van der Waals surface area contributed by atoms with Crippen LogP contribution in [0.2, 0.25) is 0 Å². The Hall–Kier alpha value is -1.58. The van der Waals surface area contributed by atoms with Crippen molar-refractivity contribution in [2.24, 2.45) is 0 Å². The second-order valence-electron chi connectivity index (χ2n) is 4.64. The number of hydrogen-bond acceptors (Lipinski definition) is 4. The van der Waals surface area contributed by atoms with Gasteiger partial charge in [0.1, 0.15) is 12.2 Å². The maximum atomic E-state index is 11.4. The van der Waals surface area contributed by atoms with Gasteiger partial charge in [0, 0.05) is 12.2 Å². The summed E-state index contributed by atoms with van der Waals surface area (Å²) in [5.41, 5.74) is 0. The molecule has 0 rings (SSSR count). The molecule has 0 aliphatic rings. The molecule has 0 saturated carbocycles. The lowest BCUT2D eigenvalue weighted by Crippen LogP contribution is -2.34. The Kier molecular flexibility index (Phi) is 10.4. The van der Waals surface area contributed by atoms with Crippen LogP contribution in [0.1, 0.15) is 52.4 Å². The van der Waals surface area contributed by atoms with Crippen LogP contribution in [0.25, 0.3) is 0 Å². The Labute approximate surface area is 121 Å². The zero-order valence-corrected chi connectivity index (χ0v) is 12.6. The summed E-state index contributed by atoms with van der Waals surface area (Å²) in [4.78, 5) is 22.8. The molecule has 0 fully saturated rings. The van der Waals surface area contributed by atoms with E-state index in [1.165, 1.54) is 0 Å². The summed E-state index contributed by atoms with van der Waals surface area (Å²) in [6.07, 6.45) is 6.55. The third-order valence-corrected chi connectivity index (χ3v) is 2.97. The summed E-state index contributed by atoms with van der Waals surface area (Å²) in [5.74, 6) is -0.968. The van der Waals surface area contributed by atoms with E-state index in [-0.39, 0.29) is 0 Å². The second-order valence-corrected chi connectivity index (χ2v) is 4.64. The van der Waals surface area contributed by atoms with Crippen molar-refractivity contribution in [3.63, 3.8) is 0 Å².